The van der Waals surface area contributed by atoms with Gasteiger partial charge in [-0.15, -0.1) is 0 Å². The standard InChI is InChI=1S/C18H27FN2/c1-14(12-15-4-6-17(19)7-5-15)21-10-8-18(9-11-21)20-13-16-2-3-16/h4-7,14,16,18,20H,2-3,8-13H2,1H3. The van der Waals surface area contributed by atoms with E-state index in [0.717, 1.165) is 18.4 Å². The number of hydrogen-bond donors (Lipinski definition) is 1. The van der Waals surface area contributed by atoms with Crippen molar-refractivity contribution in [3.63, 3.8) is 0 Å². The van der Waals surface area contributed by atoms with E-state index in [1.54, 1.807) is 12.1 Å². The lowest BCUT2D eigenvalue weighted by atomic mass is 10.00. The maximum absolute atomic E-state index is 12.9. The lowest BCUT2D eigenvalue weighted by molar-refractivity contribution is 0.151. The minimum atomic E-state index is -0.144. The van der Waals surface area contributed by atoms with Crippen LogP contribution in [0.4, 0.5) is 4.39 Å². The van der Waals surface area contributed by atoms with Gasteiger partial charge >= 0.3 is 0 Å². The molecule has 3 rings (SSSR count). The molecule has 1 aliphatic carbocycles. The van der Waals surface area contributed by atoms with Crippen LogP contribution in [0.25, 0.3) is 0 Å². The van der Waals surface area contributed by atoms with Gasteiger partial charge in [0.2, 0.25) is 0 Å². The average Bonchev–Trinajstić information content (AvgIpc) is 3.32. The number of halogens is 1. The number of hydrogen-bond acceptors (Lipinski definition) is 2. The first-order chi connectivity index (χ1) is 10.2. The third kappa shape index (κ3) is 4.52. The van der Waals surface area contributed by atoms with Gasteiger partial charge in [0.1, 0.15) is 5.82 Å². The third-order valence-electron chi connectivity index (χ3n) is 4.99. The van der Waals surface area contributed by atoms with E-state index in [1.807, 2.05) is 12.1 Å². The quantitative estimate of drug-likeness (QED) is 0.865. The molecule has 2 nitrogen and oxygen atoms in total. The average molecular weight is 290 g/mol. The van der Waals surface area contributed by atoms with E-state index >= 15 is 0 Å². The van der Waals surface area contributed by atoms with Crippen LogP contribution in [0.1, 0.15) is 38.2 Å². The van der Waals surface area contributed by atoms with E-state index in [-0.39, 0.29) is 5.82 Å². The molecular formula is C18H27FN2. The minimum absolute atomic E-state index is 0.144. The molecule has 0 aromatic heterocycles. The van der Waals surface area contributed by atoms with Crippen molar-refractivity contribution in [1.82, 2.24) is 10.2 Å². The van der Waals surface area contributed by atoms with Gasteiger partial charge in [0.05, 0.1) is 0 Å². The lowest BCUT2D eigenvalue weighted by Crippen LogP contribution is -2.46. The van der Waals surface area contributed by atoms with Crippen molar-refractivity contribution in [3.05, 3.63) is 35.6 Å². The Bertz CT molecular complexity index is 433. The zero-order valence-corrected chi connectivity index (χ0v) is 13.0. The van der Waals surface area contributed by atoms with Gasteiger partial charge in [-0.25, -0.2) is 4.39 Å². The van der Waals surface area contributed by atoms with E-state index in [1.165, 1.54) is 50.9 Å². The fraction of sp³-hybridized carbons (Fsp3) is 0.667. The Morgan fingerprint density at radius 1 is 1.14 bits per heavy atom. The zero-order valence-electron chi connectivity index (χ0n) is 13.0. The molecule has 116 valence electrons. The second-order valence-corrected chi connectivity index (χ2v) is 6.84. The molecule has 1 aromatic rings. The Morgan fingerprint density at radius 2 is 1.81 bits per heavy atom. The Labute approximate surface area is 127 Å². The van der Waals surface area contributed by atoms with Crippen LogP contribution in [-0.2, 0) is 6.42 Å². The minimum Gasteiger partial charge on any atom is -0.314 e. The summed E-state index contributed by atoms with van der Waals surface area (Å²) in [7, 11) is 0. The predicted molar refractivity (Wildman–Crippen MR) is 84.9 cm³/mol. The molecule has 1 saturated carbocycles. The van der Waals surface area contributed by atoms with Crippen LogP contribution in [0.15, 0.2) is 24.3 Å². The number of rotatable bonds is 6. The SMILES string of the molecule is CC(Cc1ccc(F)cc1)N1CCC(NCC2CC2)CC1. The summed E-state index contributed by atoms with van der Waals surface area (Å²) in [5.74, 6) is 0.828. The van der Waals surface area contributed by atoms with Crippen molar-refractivity contribution in [3.8, 4) is 0 Å². The van der Waals surface area contributed by atoms with Crippen LogP contribution in [0.5, 0.6) is 0 Å². The number of nitrogens with zero attached hydrogens (tertiary/aromatic N) is 1. The number of likely N-dealkylation sites (tertiary alicyclic amines) is 1. The molecule has 3 heteroatoms. The van der Waals surface area contributed by atoms with Crippen LogP contribution in [0.3, 0.4) is 0 Å². The van der Waals surface area contributed by atoms with E-state index in [4.69, 9.17) is 0 Å². The highest BCUT2D eigenvalue weighted by atomic mass is 19.1. The van der Waals surface area contributed by atoms with Crippen LogP contribution in [-0.4, -0.2) is 36.6 Å². The highest BCUT2D eigenvalue weighted by Gasteiger charge is 2.25. The molecule has 2 aliphatic rings. The molecule has 0 radical (unpaired) electrons. The monoisotopic (exact) mass is 290 g/mol. The van der Waals surface area contributed by atoms with E-state index in [0.29, 0.717) is 6.04 Å². The third-order valence-corrected chi connectivity index (χ3v) is 4.99. The summed E-state index contributed by atoms with van der Waals surface area (Å²) in [4.78, 5) is 2.58. The molecule has 0 spiro atoms. The van der Waals surface area contributed by atoms with Gasteiger partial charge in [-0.3, -0.25) is 0 Å². The lowest BCUT2D eigenvalue weighted by Gasteiger charge is -2.36. The first kappa shape index (κ1) is 15.0. The molecular weight excluding hydrogens is 263 g/mol. The Kier molecular flexibility index (Phi) is 4.91. The van der Waals surface area contributed by atoms with Gasteiger partial charge < -0.3 is 10.2 Å². The molecule has 1 saturated heterocycles. The van der Waals surface area contributed by atoms with Crippen LogP contribution in [0.2, 0.25) is 0 Å². The summed E-state index contributed by atoms with van der Waals surface area (Å²) >= 11 is 0. The van der Waals surface area contributed by atoms with Crippen LogP contribution < -0.4 is 5.32 Å². The van der Waals surface area contributed by atoms with Gasteiger partial charge in [0.15, 0.2) is 0 Å². The van der Waals surface area contributed by atoms with Gasteiger partial charge in [-0.2, -0.15) is 0 Å². The zero-order chi connectivity index (χ0) is 14.7. The van der Waals surface area contributed by atoms with Crippen molar-refractivity contribution in [2.24, 2.45) is 5.92 Å². The first-order valence-corrected chi connectivity index (χ1v) is 8.42. The smallest absolute Gasteiger partial charge is 0.123 e. The summed E-state index contributed by atoms with van der Waals surface area (Å²) in [6.45, 7) is 5.90. The maximum Gasteiger partial charge on any atom is 0.123 e. The topological polar surface area (TPSA) is 15.3 Å². The van der Waals surface area contributed by atoms with Gasteiger partial charge in [0.25, 0.3) is 0 Å². The predicted octanol–water partition coefficient (Wildman–Crippen LogP) is 3.22. The molecule has 1 heterocycles. The number of benzene rings is 1. The number of piperidine rings is 1. The van der Waals surface area contributed by atoms with Crippen LogP contribution in [0, 0.1) is 11.7 Å². The highest BCUT2D eigenvalue weighted by molar-refractivity contribution is 5.17. The maximum atomic E-state index is 12.9. The molecule has 1 N–H and O–H groups in total. The van der Waals surface area contributed by atoms with Gasteiger partial charge in [-0.05, 0) is 82.3 Å². The summed E-state index contributed by atoms with van der Waals surface area (Å²) in [6, 6.07) is 8.22. The fourth-order valence-corrected chi connectivity index (χ4v) is 3.29. The summed E-state index contributed by atoms with van der Waals surface area (Å²) in [6.07, 6.45) is 6.41. The Hall–Kier alpha value is -0.930. The molecule has 21 heavy (non-hydrogen) atoms. The molecule has 0 bridgehead atoms. The molecule has 1 unspecified atom stereocenters. The van der Waals surface area contributed by atoms with Crippen molar-refractivity contribution in [2.45, 2.75) is 51.1 Å². The normalized spacial score (nSPS) is 22.4. The largest absolute Gasteiger partial charge is 0.314 e. The second kappa shape index (κ2) is 6.89. The molecule has 1 aliphatic heterocycles. The van der Waals surface area contributed by atoms with Gasteiger partial charge in [-0.1, -0.05) is 12.1 Å². The Balaban J connectivity index is 1.41. The van der Waals surface area contributed by atoms with Crippen LogP contribution >= 0.6 is 0 Å². The van der Waals surface area contributed by atoms with Crippen molar-refractivity contribution >= 4 is 0 Å². The fourth-order valence-electron chi connectivity index (χ4n) is 3.29. The van der Waals surface area contributed by atoms with Crippen molar-refractivity contribution in [2.75, 3.05) is 19.6 Å². The highest BCUT2D eigenvalue weighted by Crippen LogP contribution is 2.28. The van der Waals surface area contributed by atoms with E-state index < -0.39 is 0 Å². The molecule has 1 aromatic carbocycles. The summed E-state index contributed by atoms with van der Waals surface area (Å²) < 4.78 is 12.9. The second-order valence-electron chi connectivity index (χ2n) is 6.84. The summed E-state index contributed by atoms with van der Waals surface area (Å²) in [5, 5.41) is 3.73. The van der Waals surface area contributed by atoms with Crippen molar-refractivity contribution < 1.29 is 4.39 Å². The molecule has 1 atom stereocenters. The molecule has 2 fully saturated rings. The van der Waals surface area contributed by atoms with E-state index in [2.05, 4.69) is 17.1 Å². The van der Waals surface area contributed by atoms with Crippen molar-refractivity contribution in [1.29, 1.82) is 0 Å². The van der Waals surface area contributed by atoms with E-state index in [9.17, 15) is 4.39 Å². The first-order valence-electron chi connectivity index (χ1n) is 8.42. The molecule has 0 amide bonds. The Morgan fingerprint density at radius 3 is 2.43 bits per heavy atom. The van der Waals surface area contributed by atoms with Gasteiger partial charge in [0, 0.05) is 12.1 Å². The summed E-state index contributed by atoms with van der Waals surface area (Å²) in [5.41, 5.74) is 1.23. The number of nitrogens with one attached hydrogen (secondary N) is 1.